The molecule has 0 fully saturated rings. The molecule has 0 bridgehead atoms. The molecule has 1 unspecified atom stereocenters. The fourth-order valence-corrected chi connectivity index (χ4v) is 1.26. The fourth-order valence-electron chi connectivity index (χ4n) is 0.662. The van der Waals surface area contributed by atoms with Gasteiger partial charge in [0.05, 0.1) is 12.9 Å². The minimum absolute atomic E-state index is 0.180. The van der Waals surface area contributed by atoms with E-state index in [4.69, 9.17) is 4.74 Å². The van der Waals surface area contributed by atoms with E-state index < -0.39 is 22.2 Å². The highest BCUT2D eigenvalue weighted by molar-refractivity contribution is 7.86. The number of carbonyl (C=O) groups is 1. The first-order chi connectivity index (χ1) is 6.37. The average molecular weight is 222 g/mol. The number of carbonyl (C=O) groups excluding carboxylic acids is 1. The second kappa shape index (κ2) is 5.77. The third-order valence-electron chi connectivity index (χ3n) is 1.22. The maximum Gasteiger partial charge on any atom is 0.336 e. The number of ether oxygens (including phenoxy) is 1. The molecule has 0 aromatic carbocycles. The van der Waals surface area contributed by atoms with Crippen LogP contribution in [0.15, 0.2) is 12.7 Å². The van der Waals surface area contributed by atoms with Gasteiger partial charge in [-0.2, -0.15) is 8.42 Å². The van der Waals surface area contributed by atoms with Crippen LogP contribution in [-0.4, -0.2) is 33.4 Å². The van der Waals surface area contributed by atoms with Crippen molar-refractivity contribution in [3.8, 4) is 0 Å². The number of rotatable bonds is 6. The van der Waals surface area contributed by atoms with E-state index in [0.29, 0.717) is 6.42 Å². The van der Waals surface area contributed by atoms with Crippen LogP contribution in [0.4, 0.5) is 0 Å². The van der Waals surface area contributed by atoms with Crippen molar-refractivity contribution in [3.63, 3.8) is 0 Å². The Labute approximate surface area is 83.8 Å². The molecule has 0 aromatic rings. The van der Waals surface area contributed by atoms with Gasteiger partial charge < -0.3 is 4.74 Å². The van der Waals surface area contributed by atoms with Crippen molar-refractivity contribution in [2.75, 3.05) is 12.9 Å². The maximum absolute atomic E-state index is 11.0. The third kappa shape index (κ3) is 6.62. The van der Waals surface area contributed by atoms with Gasteiger partial charge in [0.25, 0.3) is 10.1 Å². The summed E-state index contributed by atoms with van der Waals surface area (Å²) in [5.41, 5.74) is 0. The molecule has 0 aliphatic carbocycles. The highest BCUT2D eigenvalue weighted by atomic mass is 32.2. The Kier molecular flexibility index (Phi) is 5.40. The summed E-state index contributed by atoms with van der Waals surface area (Å²) < 4.78 is 30.4. The molecule has 82 valence electrons. The highest BCUT2D eigenvalue weighted by Crippen LogP contribution is 2.00. The average Bonchev–Trinajstić information content (AvgIpc) is 2.01. The van der Waals surface area contributed by atoms with Gasteiger partial charge in [0, 0.05) is 0 Å². The van der Waals surface area contributed by atoms with Crippen molar-refractivity contribution < 1.29 is 22.1 Å². The third-order valence-corrected chi connectivity index (χ3v) is 1.86. The molecule has 0 amide bonds. The van der Waals surface area contributed by atoms with Crippen molar-refractivity contribution in [2.24, 2.45) is 0 Å². The normalized spacial score (nSPS) is 13.3. The predicted molar refractivity (Wildman–Crippen MR) is 51.2 cm³/mol. The maximum atomic E-state index is 11.0. The van der Waals surface area contributed by atoms with Gasteiger partial charge in [-0.05, 0) is 13.3 Å². The molecule has 0 N–H and O–H groups in total. The van der Waals surface area contributed by atoms with Gasteiger partial charge >= 0.3 is 5.97 Å². The zero-order valence-electron chi connectivity index (χ0n) is 8.23. The largest absolute Gasteiger partial charge is 0.463 e. The SMILES string of the molecule is C=CCCOC(=O)C(C)OS(C)(=O)=O. The molecule has 0 saturated carbocycles. The van der Waals surface area contributed by atoms with E-state index in [9.17, 15) is 13.2 Å². The lowest BCUT2D eigenvalue weighted by Crippen LogP contribution is -2.26. The minimum Gasteiger partial charge on any atom is -0.463 e. The molecule has 0 spiro atoms. The van der Waals surface area contributed by atoms with E-state index in [1.165, 1.54) is 6.92 Å². The Morgan fingerprint density at radius 2 is 2.14 bits per heavy atom. The van der Waals surface area contributed by atoms with Gasteiger partial charge in [0.2, 0.25) is 0 Å². The van der Waals surface area contributed by atoms with Gasteiger partial charge in [-0.1, -0.05) is 6.08 Å². The highest BCUT2D eigenvalue weighted by Gasteiger charge is 2.19. The second-order valence-corrected chi connectivity index (χ2v) is 4.29. The summed E-state index contributed by atoms with van der Waals surface area (Å²) in [4.78, 5) is 11.0. The lowest BCUT2D eigenvalue weighted by Gasteiger charge is -2.09. The van der Waals surface area contributed by atoms with Gasteiger partial charge in [-0.25, -0.2) is 4.79 Å². The topological polar surface area (TPSA) is 69.7 Å². The fraction of sp³-hybridized carbons (Fsp3) is 0.625. The van der Waals surface area contributed by atoms with E-state index in [-0.39, 0.29) is 6.61 Å². The lowest BCUT2D eigenvalue weighted by molar-refractivity contribution is -0.150. The predicted octanol–water partition coefficient (Wildman–Crippen LogP) is 0.470. The molecule has 5 nitrogen and oxygen atoms in total. The van der Waals surface area contributed by atoms with Crippen molar-refractivity contribution in [2.45, 2.75) is 19.4 Å². The van der Waals surface area contributed by atoms with Crippen molar-refractivity contribution in [1.82, 2.24) is 0 Å². The summed E-state index contributed by atoms with van der Waals surface area (Å²) in [7, 11) is -3.62. The Hall–Kier alpha value is -0.880. The Morgan fingerprint density at radius 3 is 2.57 bits per heavy atom. The molecule has 6 heteroatoms. The first-order valence-corrected chi connectivity index (χ1v) is 5.84. The molecule has 0 rings (SSSR count). The van der Waals surface area contributed by atoms with E-state index in [2.05, 4.69) is 10.8 Å². The molecular formula is C8H14O5S. The minimum atomic E-state index is -3.62. The first-order valence-electron chi connectivity index (χ1n) is 4.02. The summed E-state index contributed by atoms with van der Waals surface area (Å²) >= 11 is 0. The van der Waals surface area contributed by atoms with E-state index in [1.807, 2.05) is 0 Å². The number of hydrogen-bond donors (Lipinski definition) is 0. The molecule has 0 saturated heterocycles. The molecule has 14 heavy (non-hydrogen) atoms. The Morgan fingerprint density at radius 1 is 1.57 bits per heavy atom. The summed E-state index contributed by atoms with van der Waals surface area (Å²) in [6.45, 7) is 4.94. The zero-order chi connectivity index (χ0) is 11.2. The monoisotopic (exact) mass is 222 g/mol. The van der Waals surface area contributed by atoms with Crippen LogP contribution in [0.5, 0.6) is 0 Å². The van der Waals surface area contributed by atoms with Crippen LogP contribution in [0, 0.1) is 0 Å². The molecule has 0 heterocycles. The van der Waals surface area contributed by atoms with E-state index in [1.54, 1.807) is 6.08 Å². The molecule has 1 atom stereocenters. The van der Waals surface area contributed by atoms with Crippen molar-refractivity contribution in [1.29, 1.82) is 0 Å². The van der Waals surface area contributed by atoms with Gasteiger partial charge in [-0.15, -0.1) is 6.58 Å². The van der Waals surface area contributed by atoms with Gasteiger partial charge in [0.15, 0.2) is 6.10 Å². The van der Waals surface area contributed by atoms with Crippen LogP contribution in [0.25, 0.3) is 0 Å². The smallest absolute Gasteiger partial charge is 0.336 e. The molecule has 0 aromatic heterocycles. The zero-order valence-corrected chi connectivity index (χ0v) is 9.04. The van der Waals surface area contributed by atoms with E-state index >= 15 is 0 Å². The standard InChI is InChI=1S/C8H14O5S/c1-4-5-6-12-8(9)7(2)13-14(3,10)11/h4,7H,1,5-6H2,2-3H3. The Bertz CT molecular complexity index is 293. The molecule has 0 aliphatic heterocycles. The van der Waals surface area contributed by atoms with Crippen molar-refractivity contribution >= 4 is 16.1 Å². The summed E-state index contributed by atoms with van der Waals surface area (Å²) in [6, 6.07) is 0. The van der Waals surface area contributed by atoms with Crippen molar-refractivity contribution in [3.05, 3.63) is 12.7 Å². The summed E-state index contributed by atoms with van der Waals surface area (Å²) in [6.07, 6.45) is 1.89. The lowest BCUT2D eigenvalue weighted by atomic mass is 10.4. The van der Waals surface area contributed by atoms with Gasteiger partial charge in [-0.3, -0.25) is 4.18 Å². The van der Waals surface area contributed by atoms with E-state index in [0.717, 1.165) is 6.26 Å². The van der Waals surface area contributed by atoms with Gasteiger partial charge in [0.1, 0.15) is 0 Å². The van der Waals surface area contributed by atoms with Crippen LogP contribution < -0.4 is 0 Å². The van der Waals surface area contributed by atoms with Crippen LogP contribution in [0.2, 0.25) is 0 Å². The molecule has 0 radical (unpaired) electrons. The summed E-state index contributed by atoms with van der Waals surface area (Å²) in [5, 5.41) is 0. The second-order valence-electron chi connectivity index (χ2n) is 2.69. The number of hydrogen-bond acceptors (Lipinski definition) is 5. The van der Waals surface area contributed by atoms with Crippen LogP contribution in [0.1, 0.15) is 13.3 Å². The van der Waals surface area contributed by atoms with Crippen LogP contribution in [0.3, 0.4) is 0 Å². The summed E-state index contributed by atoms with van der Waals surface area (Å²) in [5.74, 6) is -0.697. The quantitative estimate of drug-likeness (QED) is 0.283. The van der Waals surface area contributed by atoms with Crippen LogP contribution >= 0.6 is 0 Å². The molecular weight excluding hydrogens is 208 g/mol. The van der Waals surface area contributed by atoms with Crippen LogP contribution in [-0.2, 0) is 23.8 Å². The Balaban J connectivity index is 3.94. The number of esters is 1. The first kappa shape index (κ1) is 13.1. The molecule has 0 aliphatic rings.